The number of nitrogens with zero attached hydrogens (tertiary/aromatic N) is 2. The number of benzene rings is 1. The molecular formula is C12H10N2O2S. The summed E-state index contributed by atoms with van der Waals surface area (Å²) in [6.45, 7) is 0.513. The maximum absolute atomic E-state index is 11.4. The third-order valence-electron chi connectivity index (χ3n) is 2.65. The third kappa shape index (κ3) is 1.98. The Kier molecular flexibility index (Phi) is 2.68. The molecule has 2 aromatic rings. The molecule has 5 heteroatoms. The summed E-state index contributed by atoms with van der Waals surface area (Å²) in [5.74, 6) is -0.141. The Balaban J connectivity index is 1.97. The zero-order valence-corrected chi connectivity index (χ0v) is 9.81. The summed E-state index contributed by atoms with van der Waals surface area (Å²) < 4.78 is 4.95. The topological polar surface area (TPSA) is 52.1 Å². The van der Waals surface area contributed by atoms with E-state index >= 15 is 0 Å². The molecule has 1 aliphatic heterocycles. The predicted molar refractivity (Wildman–Crippen MR) is 64.8 cm³/mol. The summed E-state index contributed by atoms with van der Waals surface area (Å²) in [4.78, 5) is 19.9. The average Bonchev–Trinajstić information content (AvgIpc) is 2.76. The summed E-state index contributed by atoms with van der Waals surface area (Å²) in [5, 5.41) is 1.70. The molecule has 2 heterocycles. The molecule has 86 valence electrons. The Hall–Kier alpha value is -1.62. The van der Waals surface area contributed by atoms with Gasteiger partial charge in [0, 0.05) is 11.8 Å². The highest BCUT2D eigenvalue weighted by Gasteiger charge is 2.28. The van der Waals surface area contributed by atoms with Gasteiger partial charge in [-0.3, -0.25) is 4.79 Å². The number of esters is 1. The monoisotopic (exact) mass is 246 g/mol. The van der Waals surface area contributed by atoms with E-state index in [0.717, 1.165) is 22.3 Å². The fraction of sp³-hybridized carbons (Fsp3) is 0.250. The van der Waals surface area contributed by atoms with E-state index in [9.17, 15) is 4.79 Å². The van der Waals surface area contributed by atoms with Gasteiger partial charge in [-0.25, -0.2) is 9.97 Å². The summed E-state index contributed by atoms with van der Waals surface area (Å²) >= 11 is 1.46. The van der Waals surface area contributed by atoms with E-state index in [2.05, 4.69) is 9.97 Å². The molecule has 0 N–H and O–H groups in total. The number of carbonyl (C=O) groups excluding carboxylic acids is 1. The van der Waals surface area contributed by atoms with E-state index < -0.39 is 0 Å². The highest BCUT2D eigenvalue weighted by atomic mass is 32.2. The van der Waals surface area contributed by atoms with Gasteiger partial charge in [0.25, 0.3) is 0 Å². The molecule has 4 nitrogen and oxygen atoms in total. The fourth-order valence-electron chi connectivity index (χ4n) is 1.79. The normalized spacial score (nSPS) is 19.5. The highest BCUT2D eigenvalue weighted by Crippen LogP contribution is 2.31. The van der Waals surface area contributed by atoms with Gasteiger partial charge in [0.1, 0.15) is 16.6 Å². The van der Waals surface area contributed by atoms with E-state index in [1.54, 1.807) is 0 Å². The van der Waals surface area contributed by atoms with Gasteiger partial charge in [-0.05, 0) is 6.07 Å². The van der Waals surface area contributed by atoms with Crippen molar-refractivity contribution in [1.82, 2.24) is 9.97 Å². The second kappa shape index (κ2) is 4.33. The number of cyclic esters (lactones) is 1. The molecule has 0 radical (unpaired) electrons. The van der Waals surface area contributed by atoms with Crippen LogP contribution in [0, 0.1) is 0 Å². The minimum absolute atomic E-state index is 0.131. The zero-order valence-electron chi connectivity index (χ0n) is 9.00. The SMILES string of the molecule is O=C1OCC[C@H]1Sc1ncnc2ccccc12. The van der Waals surface area contributed by atoms with Gasteiger partial charge in [0.2, 0.25) is 0 Å². The lowest BCUT2D eigenvalue weighted by atomic mass is 10.2. The summed E-state index contributed by atoms with van der Waals surface area (Å²) in [6, 6.07) is 7.79. The molecule has 0 aliphatic carbocycles. The number of thioether (sulfide) groups is 1. The van der Waals surface area contributed by atoms with E-state index in [0.29, 0.717) is 6.61 Å². The average molecular weight is 246 g/mol. The maximum atomic E-state index is 11.4. The smallest absolute Gasteiger partial charge is 0.319 e. The first-order chi connectivity index (χ1) is 8.34. The molecule has 1 fully saturated rings. The van der Waals surface area contributed by atoms with Gasteiger partial charge in [-0.2, -0.15) is 0 Å². The molecule has 3 rings (SSSR count). The van der Waals surface area contributed by atoms with Crippen LogP contribution in [0.25, 0.3) is 10.9 Å². The molecule has 1 aromatic heterocycles. The number of ether oxygens (including phenoxy) is 1. The maximum Gasteiger partial charge on any atom is 0.319 e. The van der Waals surface area contributed by atoms with E-state index in [-0.39, 0.29) is 11.2 Å². The van der Waals surface area contributed by atoms with Crippen molar-refractivity contribution in [3.8, 4) is 0 Å². The van der Waals surface area contributed by atoms with E-state index in [1.807, 2.05) is 24.3 Å². The molecular weight excluding hydrogens is 236 g/mol. The third-order valence-corrected chi connectivity index (χ3v) is 3.91. The Morgan fingerprint density at radius 2 is 2.18 bits per heavy atom. The van der Waals surface area contributed by atoms with Gasteiger partial charge in [0.05, 0.1) is 12.1 Å². The van der Waals surface area contributed by atoms with Crippen LogP contribution in [0.15, 0.2) is 35.6 Å². The van der Waals surface area contributed by atoms with Crippen molar-refractivity contribution in [3.63, 3.8) is 0 Å². The molecule has 1 aromatic carbocycles. The van der Waals surface area contributed by atoms with Crippen LogP contribution in [-0.4, -0.2) is 27.8 Å². The van der Waals surface area contributed by atoms with Crippen LogP contribution >= 0.6 is 11.8 Å². The molecule has 1 aliphatic rings. The molecule has 1 saturated heterocycles. The lowest BCUT2D eigenvalue weighted by Crippen LogP contribution is -2.09. The fourth-order valence-corrected chi connectivity index (χ4v) is 2.85. The molecule has 0 amide bonds. The van der Waals surface area contributed by atoms with Crippen LogP contribution in [0.5, 0.6) is 0 Å². The molecule has 1 atom stereocenters. The van der Waals surface area contributed by atoms with Gasteiger partial charge in [-0.15, -0.1) is 0 Å². The standard InChI is InChI=1S/C12H10N2O2S/c15-12-10(5-6-16-12)17-11-8-3-1-2-4-9(8)13-7-14-11/h1-4,7,10H,5-6H2/t10-/m1/s1. The molecule has 17 heavy (non-hydrogen) atoms. The second-order valence-electron chi connectivity index (χ2n) is 3.76. The van der Waals surface area contributed by atoms with Crippen molar-refractivity contribution in [3.05, 3.63) is 30.6 Å². The number of hydrogen-bond acceptors (Lipinski definition) is 5. The summed E-state index contributed by atoms with van der Waals surface area (Å²) in [7, 11) is 0. The number of rotatable bonds is 2. The van der Waals surface area contributed by atoms with Crippen molar-refractivity contribution in [2.45, 2.75) is 16.7 Å². The number of fused-ring (bicyclic) bond motifs is 1. The zero-order chi connectivity index (χ0) is 11.7. The van der Waals surface area contributed by atoms with Crippen molar-refractivity contribution >= 4 is 28.6 Å². The Morgan fingerprint density at radius 3 is 3.00 bits per heavy atom. The first-order valence-corrected chi connectivity index (χ1v) is 6.25. The van der Waals surface area contributed by atoms with Crippen LogP contribution in [0.2, 0.25) is 0 Å². The first-order valence-electron chi connectivity index (χ1n) is 5.37. The summed E-state index contributed by atoms with van der Waals surface area (Å²) in [5.41, 5.74) is 0.899. The predicted octanol–water partition coefficient (Wildman–Crippen LogP) is 2.04. The van der Waals surface area contributed by atoms with Gasteiger partial charge >= 0.3 is 5.97 Å². The minimum atomic E-state index is -0.141. The van der Waals surface area contributed by atoms with Crippen LogP contribution in [0.1, 0.15) is 6.42 Å². The largest absolute Gasteiger partial charge is 0.465 e. The van der Waals surface area contributed by atoms with Crippen LogP contribution in [0.3, 0.4) is 0 Å². The highest BCUT2D eigenvalue weighted by molar-refractivity contribution is 8.00. The van der Waals surface area contributed by atoms with E-state index in [4.69, 9.17) is 4.74 Å². The lowest BCUT2D eigenvalue weighted by Gasteiger charge is -2.06. The molecule has 0 bridgehead atoms. The van der Waals surface area contributed by atoms with Crippen molar-refractivity contribution in [2.75, 3.05) is 6.61 Å². The van der Waals surface area contributed by atoms with Crippen molar-refractivity contribution < 1.29 is 9.53 Å². The quantitative estimate of drug-likeness (QED) is 0.599. The molecule has 0 unspecified atom stereocenters. The second-order valence-corrected chi connectivity index (χ2v) is 4.95. The van der Waals surface area contributed by atoms with Crippen LogP contribution in [0.4, 0.5) is 0 Å². The van der Waals surface area contributed by atoms with Gasteiger partial charge in [-0.1, -0.05) is 30.0 Å². The Labute approximate surface area is 102 Å². The van der Waals surface area contributed by atoms with E-state index in [1.165, 1.54) is 18.1 Å². The first kappa shape index (κ1) is 10.5. The Bertz CT molecular complexity index is 568. The number of hydrogen-bond donors (Lipinski definition) is 0. The number of aromatic nitrogens is 2. The lowest BCUT2D eigenvalue weighted by molar-refractivity contribution is -0.137. The van der Waals surface area contributed by atoms with Crippen molar-refractivity contribution in [1.29, 1.82) is 0 Å². The van der Waals surface area contributed by atoms with Crippen LogP contribution in [-0.2, 0) is 9.53 Å². The molecule has 0 spiro atoms. The summed E-state index contributed by atoms with van der Waals surface area (Å²) in [6.07, 6.45) is 2.28. The van der Waals surface area contributed by atoms with Crippen molar-refractivity contribution in [2.24, 2.45) is 0 Å². The number of para-hydroxylation sites is 1. The van der Waals surface area contributed by atoms with Gasteiger partial charge in [0.15, 0.2) is 0 Å². The van der Waals surface area contributed by atoms with Gasteiger partial charge < -0.3 is 4.74 Å². The number of carbonyl (C=O) groups is 1. The minimum Gasteiger partial charge on any atom is -0.465 e. The molecule has 0 saturated carbocycles. The van der Waals surface area contributed by atoms with Crippen LogP contribution < -0.4 is 0 Å². The Morgan fingerprint density at radius 1 is 1.29 bits per heavy atom.